The van der Waals surface area contributed by atoms with E-state index in [-0.39, 0.29) is 5.91 Å². The van der Waals surface area contributed by atoms with Gasteiger partial charge in [0.1, 0.15) is 5.15 Å². The van der Waals surface area contributed by atoms with E-state index in [1.165, 1.54) is 31.0 Å². The smallest absolute Gasteiger partial charge is 0.253 e. The zero-order valence-electron chi connectivity index (χ0n) is 14.5. The lowest BCUT2D eigenvalue weighted by atomic mass is 10.0. The molecule has 1 amide bonds. The quantitative estimate of drug-likeness (QED) is 0.821. The van der Waals surface area contributed by atoms with Crippen LogP contribution in [0.5, 0.6) is 0 Å². The Kier molecular flexibility index (Phi) is 6.05. The van der Waals surface area contributed by atoms with Crippen molar-refractivity contribution in [3.63, 3.8) is 0 Å². The van der Waals surface area contributed by atoms with Crippen LogP contribution in [0, 0.1) is 0 Å². The molecule has 132 valence electrons. The number of carbonyl (C=O) groups excluding carboxylic acids is 1. The van der Waals surface area contributed by atoms with Crippen LogP contribution < -0.4 is 5.32 Å². The first kappa shape index (κ1) is 17.9. The van der Waals surface area contributed by atoms with Gasteiger partial charge in [-0.3, -0.25) is 9.69 Å². The standard InChI is InChI=1S/C20H24ClN3O/c1-15-6-4-5-11-24(15)14-18-8-3-2-7-16(18)12-23-20(25)17-9-10-19(21)22-13-17/h2-3,7-10,13,15H,4-6,11-12,14H2,1H3,(H,23,25). The Morgan fingerprint density at radius 3 is 2.76 bits per heavy atom. The molecule has 1 saturated heterocycles. The second-order valence-electron chi connectivity index (χ2n) is 6.64. The van der Waals surface area contributed by atoms with E-state index in [9.17, 15) is 4.79 Å². The summed E-state index contributed by atoms with van der Waals surface area (Å²) in [6, 6.07) is 12.3. The van der Waals surface area contributed by atoms with Gasteiger partial charge in [-0.05, 0) is 49.6 Å². The summed E-state index contributed by atoms with van der Waals surface area (Å²) in [5.74, 6) is -0.134. The van der Waals surface area contributed by atoms with Gasteiger partial charge in [-0.15, -0.1) is 0 Å². The lowest BCUT2D eigenvalue weighted by Gasteiger charge is -2.33. The summed E-state index contributed by atoms with van der Waals surface area (Å²) in [6.45, 7) is 4.91. The number of nitrogens with one attached hydrogen (secondary N) is 1. The number of rotatable bonds is 5. The Morgan fingerprint density at radius 2 is 2.04 bits per heavy atom. The van der Waals surface area contributed by atoms with E-state index >= 15 is 0 Å². The molecule has 0 saturated carbocycles. The molecule has 0 aliphatic carbocycles. The van der Waals surface area contributed by atoms with Gasteiger partial charge < -0.3 is 5.32 Å². The lowest BCUT2D eigenvalue weighted by molar-refractivity contribution is 0.0950. The van der Waals surface area contributed by atoms with Gasteiger partial charge in [-0.2, -0.15) is 0 Å². The number of pyridine rings is 1. The van der Waals surface area contributed by atoms with Crippen LogP contribution in [0.1, 0.15) is 47.7 Å². The van der Waals surface area contributed by atoms with Crippen molar-refractivity contribution >= 4 is 17.5 Å². The number of hydrogen-bond acceptors (Lipinski definition) is 3. The maximum absolute atomic E-state index is 12.3. The topological polar surface area (TPSA) is 45.2 Å². The van der Waals surface area contributed by atoms with E-state index < -0.39 is 0 Å². The molecule has 1 aromatic heterocycles. The van der Waals surface area contributed by atoms with Gasteiger partial charge in [0.2, 0.25) is 0 Å². The SMILES string of the molecule is CC1CCCCN1Cc1ccccc1CNC(=O)c1ccc(Cl)nc1. The summed E-state index contributed by atoms with van der Waals surface area (Å²) in [6.07, 6.45) is 5.36. The molecule has 2 aromatic rings. The normalized spacial score (nSPS) is 18.1. The van der Waals surface area contributed by atoms with Gasteiger partial charge in [-0.1, -0.05) is 42.3 Å². The molecular weight excluding hydrogens is 334 g/mol. The van der Waals surface area contributed by atoms with Crippen LogP contribution in [0.3, 0.4) is 0 Å². The van der Waals surface area contributed by atoms with E-state index in [1.807, 2.05) is 6.07 Å². The first-order chi connectivity index (χ1) is 12.1. The van der Waals surface area contributed by atoms with Gasteiger partial charge in [0.05, 0.1) is 5.56 Å². The Bertz CT molecular complexity index is 717. The summed E-state index contributed by atoms with van der Waals surface area (Å²) in [4.78, 5) is 18.8. The molecule has 1 aromatic carbocycles. The van der Waals surface area contributed by atoms with Crippen molar-refractivity contribution in [2.45, 2.75) is 45.3 Å². The zero-order chi connectivity index (χ0) is 17.6. The molecular formula is C20H24ClN3O. The predicted octanol–water partition coefficient (Wildman–Crippen LogP) is 4.04. The fourth-order valence-corrected chi connectivity index (χ4v) is 3.39. The Morgan fingerprint density at radius 1 is 1.24 bits per heavy atom. The van der Waals surface area contributed by atoms with Crippen LogP contribution in [-0.2, 0) is 13.1 Å². The predicted molar refractivity (Wildman–Crippen MR) is 101 cm³/mol. The van der Waals surface area contributed by atoms with E-state index in [0.29, 0.717) is 23.3 Å². The minimum atomic E-state index is -0.134. The Balaban J connectivity index is 1.64. The molecule has 3 rings (SSSR count). The van der Waals surface area contributed by atoms with Crippen molar-refractivity contribution in [3.8, 4) is 0 Å². The molecule has 0 spiro atoms. The summed E-state index contributed by atoms with van der Waals surface area (Å²) < 4.78 is 0. The maximum Gasteiger partial charge on any atom is 0.253 e. The number of aromatic nitrogens is 1. The van der Waals surface area contributed by atoms with Gasteiger partial charge in [-0.25, -0.2) is 4.98 Å². The number of amides is 1. The minimum Gasteiger partial charge on any atom is -0.348 e. The highest BCUT2D eigenvalue weighted by Gasteiger charge is 2.19. The highest BCUT2D eigenvalue weighted by atomic mass is 35.5. The molecule has 1 fully saturated rings. The highest BCUT2D eigenvalue weighted by Crippen LogP contribution is 2.20. The molecule has 1 unspecified atom stereocenters. The molecule has 2 heterocycles. The monoisotopic (exact) mass is 357 g/mol. The second kappa shape index (κ2) is 8.45. The van der Waals surface area contributed by atoms with Crippen molar-refractivity contribution in [2.75, 3.05) is 6.54 Å². The highest BCUT2D eigenvalue weighted by molar-refractivity contribution is 6.29. The van der Waals surface area contributed by atoms with Crippen molar-refractivity contribution < 1.29 is 4.79 Å². The number of nitrogens with zero attached hydrogens (tertiary/aromatic N) is 2. The van der Waals surface area contributed by atoms with Crippen LogP contribution in [0.2, 0.25) is 5.15 Å². The molecule has 1 N–H and O–H groups in total. The van der Waals surface area contributed by atoms with Gasteiger partial charge in [0, 0.05) is 25.3 Å². The first-order valence-corrected chi connectivity index (χ1v) is 9.22. The number of halogens is 1. The zero-order valence-corrected chi connectivity index (χ0v) is 15.3. The molecule has 25 heavy (non-hydrogen) atoms. The summed E-state index contributed by atoms with van der Waals surface area (Å²) >= 11 is 5.77. The van der Waals surface area contributed by atoms with Crippen molar-refractivity contribution in [2.24, 2.45) is 0 Å². The summed E-state index contributed by atoms with van der Waals surface area (Å²) in [5.41, 5.74) is 2.97. The molecule has 1 aliphatic heterocycles. The summed E-state index contributed by atoms with van der Waals surface area (Å²) in [7, 11) is 0. The molecule has 1 aliphatic rings. The van der Waals surface area contributed by atoms with Crippen LogP contribution in [-0.4, -0.2) is 28.4 Å². The first-order valence-electron chi connectivity index (χ1n) is 8.84. The Hall–Kier alpha value is -1.91. The minimum absolute atomic E-state index is 0.134. The van der Waals surface area contributed by atoms with Crippen molar-refractivity contribution in [1.82, 2.24) is 15.2 Å². The third-order valence-electron chi connectivity index (χ3n) is 4.86. The average Bonchev–Trinajstić information content (AvgIpc) is 2.63. The van der Waals surface area contributed by atoms with Gasteiger partial charge in [0.25, 0.3) is 5.91 Å². The number of piperidine rings is 1. The van der Waals surface area contributed by atoms with E-state index in [0.717, 1.165) is 18.7 Å². The molecule has 0 radical (unpaired) electrons. The third kappa shape index (κ3) is 4.80. The fraction of sp³-hybridized carbons (Fsp3) is 0.400. The van der Waals surface area contributed by atoms with E-state index in [1.54, 1.807) is 12.1 Å². The average molecular weight is 358 g/mol. The van der Waals surface area contributed by atoms with Crippen LogP contribution >= 0.6 is 11.6 Å². The maximum atomic E-state index is 12.3. The number of benzene rings is 1. The fourth-order valence-electron chi connectivity index (χ4n) is 3.28. The number of likely N-dealkylation sites (tertiary alicyclic amines) is 1. The Labute approximate surface area is 154 Å². The van der Waals surface area contributed by atoms with E-state index in [2.05, 4.69) is 40.3 Å². The van der Waals surface area contributed by atoms with Crippen LogP contribution in [0.25, 0.3) is 0 Å². The van der Waals surface area contributed by atoms with Crippen LogP contribution in [0.4, 0.5) is 0 Å². The lowest BCUT2D eigenvalue weighted by Crippen LogP contribution is -2.37. The molecule has 1 atom stereocenters. The third-order valence-corrected chi connectivity index (χ3v) is 5.08. The van der Waals surface area contributed by atoms with Gasteiger partial charge >= 0.3 is 0 Å². The van der Waals surface area contributed by atoms with Gasteiger partial charge in [0.15, 0.2) is 0 Å². The summed E-state index contributed by atoms with van der Waals surface area (Å²) in [5, 5.41) is 3.37. The van der Waals surface area contributed by atoms with E-state index in [4.69, 9.17) is 11.6 Å². The molecule has 4 nitrogen and oxygen atoms in total. The molecule has 0 bridgehead atoms. The van der Waals surface area contributed by atoms with Crippen molar-refractivity contribution in [1.29, 1.82) is 0 Å². The van der Waals surface area contributed by atoms with Crippen LogP contribution in [0.15, 0.2) is 42.6 Å². The molecule has 5 heteroatoms. The largest absolute Gasteiger partial charge is 0.348 e. The second-order valence-corrected chi connectivity index (χ2v) is 7.02. The number of hydrogen-bond donors (Lipinski definition) is 1. The number of carbonyl (C=O) groups is 1. The van der Waals surface area contributed by atoms with Crippen molar-refractivity contribution in [3.05, 3.63) is 64.4 Å².